The predicted molar refractivity (Wildman–Crippen MR) is 68.3 cm³/mol. The Balaban J connectivity index is 3.35. The molecule has 0 aromatic heterocycles. The fourth-order valence-corrected chi connectivity index (χ4v) is 1.56. The third-order valence-corrected chi connectivity index (χ3v) is 2.50. The largest absolute Gasteiger partial charge is 0.298 e. The van der Waals surface area contributed by atoms with E-state index in [-0.39, 0.29) is 0 Å². The summed E-state index contributed by atoms with van der Waals surface area (Å²) in [6.07, 6.45) is 8.65. The second kappa shape index (κ2) is 6.08. The Morgan fingerprint density at radius 3 is 2.38 bits per heavy atom. The zero-order chi connectivity index (χ0) is 12.0. The lowest BCUT2D eigenvalue weighted by molar-refractivity contribution is 0.112. The van der Waals surface area contributed by atoms with Gasteiger partial charge in [0.1, 0.15) is 0 Å². The third-order valence-electron chi connectivity index (χ3n) is 2.11. The predicted octanol–water partition coefficient (Wildman–Crippen LogP) is 3.19. The molecule has 0 saturated heterocycles. The van der Waals surface area contributed by atoms with E-state index in [4.69, 9.17) is 0 Å². The van der Waals surface area contributed by atoms with E-state index in [0.717, 1.165) is 6.29 Å². The summed E-state index contributed by atoms with van der Waals surface area (Å²) >= 11 is 4.18. The smallest absolute Gasteiger partial charge is 0.151 e. The van der Waals surface area contributed by atoms with Crippen LogP contribution in [0.1, 0.15) is 33.2 Å². The SMILES string of the molecule is C/C=C/C=C/c1c(C=O)ccc(S)c1C=O. The number of aldehydes is 2. The normalized spacial score (nSPS) is 11.1. The molecule has 1 rings (SSSR count). The van der Waals surface area contributed by atoms with Crippen LogP contribution in [0, 0.1) is 0 Å². The molecule has 0 heterocycles. The van der Waals surface area contributed by atoms with Crippen molar-refractivity contribution < 1.29 is 9.59 Å². The molecule has 16 heavy (non-hydrogen) atoms. The zero-order valence-electron chi connectivity index (χ0n) is 8.88. The Labute approximate surface area is 100 Å². The molecule has 0 saturated carbocycles. The second-order valence-corrected chi connectivity index (χ2v) is 3.60. The Morgan fingerprint density at radius 2 is 1.81 bits per heavy atom. The van der Waals surface area contributed by atoms with Crippen LogP contribution in [0.25, 0.3) is 6.08 Å². The summed E-state index contributed by atoms with van der Waals surface area (Å²) in [5, 5.41) is 0. The molecule has 0 aliphatic rings. The standard InChI is InChI=1S/C13H12O2S/c1-2-3-4-5-11-10(8-14)6-7-13(16)12(11)9-15/h2-9,16H,1H3/b3-2+,5-4+. The molecular formula is C13H12O2S. The molecule has 0 unspecified atom stereocenters. The van der Waals surface area contributed by atoms with Crippen LogP contribution >= 0.6 is 12.6 Å². The molecule has 82 valence electrons. The average molecular weight is 232 g/mol. The summed E-state index contributed by atoms with van der Waals surface area (Å²) in [5.74, 6) is 0. The molecular weight excluding hydrogens is 220 g/mol. The summed E-state index contributed by atoms with van der Waals surface area (Å²) in [7, 11) is 0. The van der Waals surface area contributed by atoms with Crippen LogP contribution in [-0.4, -0.2) is 12.6 Å². The molecule has 0 radical (unpaired) electrons. The van der Waals surface area contributed by atoms with E-state index in [1.165, 1.54) is 0 Å². The number of hydrogen-bond acceptors (Lipinski definition) is 3. The van der Waals surface area contributed by atoms with Crippen molar-refractivity contribution in [1.29, 1.82) is 0 Å². The minimum Gasteiger partial charge on any atom is -0.298 e. The van der Waals surface area contributed by atoms with Crippen LogP contribution in [0.3, 0.4) is 0 Å². The van der Waals surface area contributed by atoms with Gasteiger partial charge in [0.25, 0.3) is 0 Å². The van der Waals surface area contributed by atoms with Gasteiger partial charge in [-0.3, -0.25) is 9.59 Å². The van der Waals surface area contributed by atoms with Gasteiger partial charge >= 0.3 is 0 Å². The number of allylic oxidation sites excluding steroid dienone is 3. The maximum Gasteiger partial charge on any atom is 0.151 e. The Hall–Kier alpha value is -1.61. The monoisotopic (exact) mass is 232 g/mol. The topological polar surface area (TPSA) is 34.1 Å². The van der Waals surface area contributed by atoms with E-state index in [9.17, 15) is 9.59 Å². The minimum atomic E-state index is 0.439. The molecule has 0 fully saturated rings. The van der Waals surface area contributed by atoms with Gasteiger partial charge in [0.05, 0.1) is 0 Å². The van der Waals surface area contributed by atoms with E-state index in [2.05, 4.69) is 12.6 Å². The maximum atomic E-state index is 10.9. The summed E-state index contributed by atoms with van der Waals surface area (Å²) in [6.45, 7) is 1.89. The molecule has 0 atom stereocenters. The van der Waals surface area contributed by atoms with Gasteiger partial charge in [-0.25, -0.2) is 0 Å². The fraction of sp³-hybridized carbons (Fsp3) is 0.0769. The first-order valence-corrected chi connectivity index (χ1v) is 5.25. The van der Waals surface area contributed by atoms with Crippen LogP contribution in [0.5, 0.6) is 0 Å². The Kier molecular flexibility index (Phi) is 4.73. The highest BCUT2D eigenvalue weighted by atomic mass is 32.1. The van der Waals surface area contributed by atoms with Gasteiger partial charge in [-0.05, 0) is 24.6 Å². The number of rotatable bonds is 4. The molecule has 2 nitrogen and oxygen atoms in total. The lowest BCUT2D eigenvalue weighted by Crippen LogP contribution is -1.95. The number of benzene rings is 1. The van der Waals surface area contributed by atoms with E-state index in [0.29, 0.717) is 27.9 Å². The van der Waals surface area contributed by atoms with E-state index in [1.54, 1.807) is 24.3 Å². The highest BCUT2D eigenvalue weighted by Crippen LogP contribution is 2.21. The van der Waals surface area contributed by atoms with Crippen molar-refractivity contribution in [3.8, 4) is 0 Å². The third kappa shape index (κ3) is 2.70. The van der Waals surface area contributed by atoms with Crippen molar-refractivity contribution in [1.82, 2.24) is 0 Å². The molecule has 3 heteroatoms. The average Bonchev–Trinajstić information content (AvgIpc) is 2.30. The summed E-state index contributed by atoms with van der Waals surface area (Å²) in [4.78, 5) is 22.3. The van der Waals surface area contributed by atoms with Gasteiger partial charge in [0.15, 0.2) is 12.6 Å². The van der Waals surface area contributed by atoms with Crippen molar-refractivity contribution in [3.05, 3.63) is 47.1 Å². The van der Waals surface area contributed by atoms with Gasteiger partial charge in [-0.1, -0.05) is 24.3 Å². The lowest BCUT2D eigenvalue weighted by Gasteiger charge is -2.05. The van der Waals surface area contributed by atoms with Crippen molar-refractivity contribution in [2.24, 2.45) is 0 Å². The van der Waals surface area contributed by atoms with Gasteiger partial charge in [0.2, 0.25) is 0 Å². The molecule has 0 spiro atoms. The van der Waals surface area contributed by atoms with Crippen LogP contribution in [-0.2, 0) is 0 Å². The first-order valence-electron chi connectivity index (χ1n) is 4.80. The molecule has 0 bridgehead atoms. The molecule has 0 aliphatic heterocycles. The van der Waals surface area contributed by atoms with Crippen molar-refractivity contribution in [2.45, 2.75) is 11.8 Å². The van der Waals surface area contributed by atoms with E-state index in [1.807, 2.05) is 19.1 Å². The van der Waals surface area contributed by atoms with E-state index >= 15 is 0 Å². The quantitative estimate of drug-likeness (QED) is 0.491. The Morgan fingerprint density at radius 1 is 1.06 bits per heavy atom. The summed E-state index contributed by atoms with van der Waals surface area (Å²) < 4.78 is 0. The Bertz CT molecular complexity index is 459. The van der Waals surface area contributed by atoms with E-state index < -0.39 is 0 Å². The van der Waals surface area contributed by atoms with Gasteiger partial charge in [-0.2, -0.15) is 0 Å². The maximum absolute atomic E-state index is 10.9. The van der Waals surface area contributed by atoms with Crippen molar-refractivity contribution in [3.63, 3.8) is 0 Å². The highest BCUT2D eigenvalue weighted by molar-refractivity contribution is 7.80. The highest BCUT2D eigenvalue weighted by Gasteiger charge is 2.07. The van der Waals surface area contributed by atoms with Gasteiger partial charge in [-0.15, -0.1) is 12.6 Å². The molecule has 0 N–H and O–H groups in total. The number of thiol groups is 1. The minimum absolute atomic E-state index is 0.439. The number of carbonyl (C=O) groups excluding carboxylic acids is 2. The van der Waals surface area contributed by atoms with Crippen LogP contribution in [0.15, 0.2) is 35.3 Å². The van der Waals surface area contributed by atoms with Crippen LogP contribution < -0.4 is 0 Å². The van der Waals surface area contributed by atoms with Crippen LogP contribution in [0.2, 0.25) is 0 Å². The lowest BCUT2D eigenvalue weighted by atomic mass is 10.0. The van der Waals surface area contributed by atoms with Crippen molar-refractivity contribution in [2.75, 3.05) is 0 Å². The fourth-order valence-electron chi connectivity index (χ4n) is 1.32. The molecule has 1 aromatic rings. The van der Waals surface area contributed by atoms with Gasteiger partial charge in [0, 0.05) is 16.0 Å². The van der Waals surface area contributed by atoms with Gasteiger partial charge < -0.3 is 0 Å². The molecule has 1 aromatic carbocycles. The molecule has 0 aliphatic carbocycles. The zero-order valence-corrected chi connectivity index (χ0v) is 9.78. The summed E-state index contributed by atoms with van der Waals surface area (Å²) in [5.41, 5.74) is 1.53. The van der Waals surface area contributed by atoms with Crippen molar-refractivity contribution >= 4 is 31.3 Å². The summed E-state index contributed by atoms with van der Waals surface area (Å²) in [6, 6.07) is 3.29. The number of carbonyl (C=O) groups is 2. The first kappa shape index (κ1) is 12.5. The first-order chi connectivity index (χ1) is 7.74. The second-order valence-electron chi connectivity index (χ2n) is 3.12. The molecule has 0 amide bonds. The van der Waals surface area contributed by atoms with Crippen LogP contribution in [0.4, 0.5) is 0 Å². The number of hydrogen-bond donors (Lipinski definition) is 1.